The van der Waals surface area contributed by atoms with E-state index in [-0.39, 0.29) is 5.89 Å². The molecule has 0 radical (unpaired) electrons. The number of nitrogens with one attached hydrogen (secondary N) is 1. The molecule has 5 heteroatoms. The van der Waals surface area contributed by atoms with Crippen molar-refractivity contribution >= 4 is 0 Å². The number of hydrogen-bond acceptors (Lipinski definition) is 4. The van der Waals surface area contributed by atoms with Gasteiger partial charge in [-0.3, -0.25) is 0 Å². The second-order valence-electron chi connectivity index (χ2n) is 7.97. The molecule has 0 aliphatic carbocycles. The summed E-state index contributed by atoms with van der Waals surface area (Å²) < 4.78 is 11.9. The number of aliphatic hydroxyl groups is 1. The molecule has 32 heavy (non-hydrogen) atoms. The van der Waals surface area contributed by atoms with E-state index in [9.17, 15) is 5.11 Å². The fourth-order valence-corrected chi connectivity index (χ4v) is 3.80. The molecule has 0 spiro atoms. The van der Waals surface area contributed by atoms with E-state index in [1.165, 1.54) is 4.90 Å². The van der Waals surface area contributed by atoms with Crippen LogP contribution < -0.4 is 9.64 Å². The first kappa shape index (κ1) is 21.8. The lowest BCUT2D eigenvalue weighted by Gasteiger charge is -2.26. The van der Waals surface area contributed by atoms with Crippen molar-refractivity contribution < 1.29 is 19.2 Å². The minimum absolute atomic E-state index is 0.283. The lowest BCUT2D eigenvalue weighted by Crippen LogP contribution is -3.07. The van der Waals surface area contributed by atoms with Crippen LogP contribution in [0.5, 0.6) is 5.75 Å². The van der Waals surface area contributed by atoms with E-state index in [1.807, 2.05) is 91.0 Å². The van der Waals surface area contributed by atoms with Crippen LogP contribution >= 0.6 is 0 Å². The van der Waals surface area contributed by atoms with Gasteiger partial charge in [-0.1, -0.05) is 78.9 Å². The summed E-state index contributed by atoms with van der Waals surface area (Å²) in [5.74, 6) is 1.92. The predicted molar refractivity (Wildman–Crippen MR) is 123 cm³/mol. The number of oxazole rings is 1. The summed E-state index contributed by atoms with van der Waals surface area (Å²) in [5.41, 5.74) is -0.00482. The first-order chi connectivity index (χ1) is 15.7. The standard InChI is InChI=1S/C27H28N2O3/c1-29(18-11-19-31-24-16-9-4-10-17-24)21-25-20-28-26(32-25)27(30,22-12-5-2-6-13-22)23-14-7-3-8-15-23/h2-10,12-17,20,30H,11,18-19,21H2,1H3/p+1. The number of nitrogens with zero attached hydrogens (tertiary/aromatic N) is 1. The maximum Gasteiger partial charge on any atom is 0.236 e. The molecule has 0 saturated heterocycles. The molecular formula is C27H29N2O3+. The van der Waals surface area contributed by atoms with E-state index in [2.05, 4.69) is 12.0 Å². The van der Waals surface area contributed by atoms with Crippen LogP contribution in [0.2, 0.25) is 0 Å². The van der Waals surface area contributed by atoms with Gasteiger partial charge in [0.2, 0.25) is 5.89 Å². The van der Waals surface area contributed by atoms with Crippen molar-refractivity contribution in [1.82, 2.24) is 4.98 Å². The minimum Gasteiger partial charge on any atom is -0.493 e. The Hall–Kier alpha value is -3.41. The third kappa shape index (κ3) is 5.07. The Bertz CT molecular complexity index is 1040. The molecule has 3 aromatic carbocycles. The molecule has 1 unspecified atom stereocenters. The van der Waals surface area contributed by atoms with Gasteiger partial charge in [-0.15, -0.1) is 0 Å². The molecule has 5 nitrogen and oxygen atoms in total. The highest BCUT2D eigenvalue weighted by atomic mass is 16.5. The van der Waals surface area contributed by atoms with Gasteiger partial charge in [0.15, 0.2) is 11.4 Å². The summed E-state index contributed by atoms with van der Waals surface area (Å²) in [6.45, 7) is 2.28. The molecule has 0 saturated carbocycles. The number of hydrogen-bond donors (Lipinski definition) is 2. The van der Waals surface area contributed by atoms with Crippen LogP contribution in [0.15, 0.2) is 102 Å². The zero-order valence-electron chi connectivity index (χ0n) is 18.3. The average Bonchev–Trinajstić information content (AvgIpc) is 3.32. The molecule has 1 aromatic heterocycles. The summed E-state index contributed by atoms with van der Waals surface area (Å²) in [4.78, 5) is 5.76. The van der Waals surface area contributed by atoms with Gasteiger partial charge in [-0.25, -0.2) is 4.98 Å². The molecule has 4 aromatic rings. The normalized spacial score (nSPS) is 12.4. The largest absolute Gasteiger partial charge is 0.493 e. The summed E-state index contributed by atoms with van der Waals surface area (Å²) >= 11 is 0. The summed E-state index contributed by atoms with van der Waals surface area (Å²) in [6.07, 6.45) is 2.65. The third-order valence-electron chi connectivity index (χ3n) is 5.48. The van der Waals surface area contributed by atoms with E-state index >= 15 is 0 Å². The van der Waals surface area contributed by atoms with Crippen molar-refractivity contribution in [2.75, 3.05) is 20.2 Å². The Balaban J connectivity index is 1.42. The van der Waals surface area contributed by atoms with Gasteiger partial charge in [0.05, 0.1) is 26.4 Å². The summed E-state index contributed by atoms with van der Waals surface area (Å²) in [5, 5.41) is 11.8. The summed E-state index contributed by atoms with van der Waals surface area (Å²) in [6, 6.07) is 28.9. The number of quaternary nitrogens is 1. The van der Waals surface area contributed by atoms with Crippen molar-refractivity contribution in [2.45, 2.75) is 18.6 Å². The monoisotopic (exact) mass is 429 g/mol. The minimum atomic E-state index is -1.45. The highest BCUT2D eigenvalue weighted by Crippen LogP contribution is 2.35. The number of para-hydroxylation sites is 1. The van der Waals surface area contributed by atoms with E-state index in [4.69, 9.17) is 9.15 Å². The highest BCUT2D eigenvalue weighted by Gasteiger charge is 2.38. The van der Waals surface area contributed by atoms with E-state index < -0.39 is 5.60 Å². The van der Waals surface area contributed by atoms with Crippen LogP contribution in [0.3, 0.4) is 0 Å². The van der Waals surface area contributed by atoms with E-state index in [0.717, 1.165) is 35.6 Å². The zero-order valence-corrected chi connectivity index (χ0v) is 18.3. The molecule has 164 valence electrons. The maximum atomic E-state index is 11.8. The molecule has 2 N–H and O–H groups in total. The van der Waals surface area contributed by atoms with Crippen molar-refractivity contribution in [3.05, 3.63) is 120 Å². The zero-order chi connectivity index (χ0) is 22.2. The number of benzene rings is 3. The van der Waals surface area contributed by atoms with Crippen LogP contribution in [0.25, 0.3) is 0 Å². The quantitative estimate of drug-likeness (QED) is 0.379. The summed E-state index contributed by atoms with van der Waals surface area (Å²) in [7, 11) is 2.12. The van der Waals surface area contributed by atoms with Gasteiger partial charge in [0.1, 0.15) is 12.3 Å². The fourth-order valence-electron chi connectivity index (χ4n) is 3.80. The molecule has 0 amide bonds. The molecule has 0 bridgehead atoms. The average molecular weight is 430 g/mol. The SMILES string of the molecule is C[NH+](CCCOc1ccccc1)Cc1cnc(C(O)(c2ccccc2)c2ccccc2)o1. The molecule has 0 aliphatic heterocycles. The topological polar surface area (TPSA) is 59.9 Å². The number of ether oxygens (including phenoxy) is 1. The smallest absolute Gasteiger partial charge is 0.236 e. The van der Waals surface area contributed by atoms with Gasteiger partial charge >= 0.3 is 0 Å². The van der Waals surface area contributed by atoms with E-state index in [0.29, 0.717) is 13.2 Å². The molecular weight excluding hydrogens is 400 g/mol. The van der Waals surface area contributed by atoms with Crippen molar-refractivity contribution in [1.29, 1.82) is 0 Å². The second kappa shape index (κ2) is 10.3. The van der Waals surface area contributed by atoms with Crippen LogP contribution in [0.4, 0.5) is 0 Å². The Kier molecular flexibility index (Phi) is 7.00. The van der Waals surface area contributed by atoms with Crippen LogP contribution in [-0.2, 0) is 12.1 Å². The van der Waals surface area contributed by atoms with Gasteiger partial charge in [0, 0.05) is 6.42 Å². The number of rotatable bonds is 10. The molecule has 1 atom stereocenters. The molecule has 1 heterocycles. The Morgan fingerprint density at radius 1 is 0.875 bits per heavy atom. The van der Waals surface area contributed by atoms with Gasteiger partial charge in [0.25, 0.3) is 0 Å². The van der Waals surface area contributed by atoms with Crippen LogP contribution in [-0.4, -0.2) is 30.3 Å². The molecule has 4 rings (SSSR count). The van der Waals surface area contributed by atoms with Crippen molar-refractivity contribution in [3.8, 4) is 5.75 Å². The first-order valence-corrected chi connectivity index (χ1v) is 10.9. The lowest BCUT2D eigenvalue weighted by atomic mass is 9.86. The third-order valence-corrected chi connectivity index (χ3v) is 5.48. The first-order valence-electron chi connectivity index (χ1n) is 10.9. The Morgan fingerprint density at radius 3 is 2.03 bits per heavy atom. The highest BCUT2D eigenvalue weighted by molar-refractivity contribution is 5.41. The lowest BCUT2D eigenvalue weighted by molar-refractivity contribution is -0.895. The Labute approximate surface area is 188 Å². The van der Waals surface area contributed by atoms with Crippen LogP contribution in [0.1, 0.15) is 29.2 Å². The maximum absolute atomic E-state index is 11.8. The van der Waals surface area contributed by atoms with Gasteiger partial charge in [-0.05, 0) is 23.3 Å². The predicted octanol–water partition coefficient (Wildman–Crippen LogP) is 3.44. The van der Waals surface area contributed by atoms with Crippen LogP contribution in [0, 0.1) is 0 Å². The number of aromatic nitrogens is 1. The Morgan fingerprint density at radius 2 is 1.44 bits per heavy atom. The van der Waals surface area contributed by atoms with E-state index in [1.54, 1.807) is 6.20 Å². The fraction of sp³-hybridized carbons (Fsp3) is 0.222. The van der Waals surface area contributed by atoms with Crippen molar-refractivity contribution in [3.63, 3.8) is 0 Å². The molecule has 0 fully saturated rings. The van der Waals surface area contributed by atoms with Crippen molar-refractivity contribution in [2.24, 2.45) is 0 Å². The molecule has 0 aliphatic rings. The van der Waals surface area contributed by atoms with Gasteiger partial charge < -0.3 is 19.2 Å². The van der Waals surface area contributed by atoms with Gasteiger partial charge in [-0.2, -0.15) is 0 Å². The second-order valence-corrected chi connectivity index (χ2v) is 7.97.